The molecule has 0 saturated heterocycles. The molecule has 0 aliphatic carbocycles. The molecule has 0 spiro atoms. The van der Waals surface area contributed by atoms with Crippen molar-refractivity contribution in [3.8, 4) is 0 Å². The Morgan fingerprint density at radius 2 is 1.76 bits per heavy atom. The Morgan fingerprint density at radius 3 is 2.33 bits per heavy atom. The summed E-state index contributed by atoms with van der Waals surface area (Å²) in [6.45, 7) is 0. The lowest BCUT2D eigenvalue weighted by Crippen LogP contribution is -2.42. The first kappa shape index (κ1) is 15.9. The minimum Gasteiger partial charge on any atom is -0.329 e. The van der Waals surface area contributed by atoms with Crippen molar-refractivity contribution in [1.29, 1.82) is 0 Å². The Kier molecular flexibility index (Phi) is 4.92. The summed E-state index contributed by atoms with van der Waals surface area (Å²) in [6, 6.07) is 8.28. The molecule has 0 aliphatic heterocycles. The molecule has 1 aromatic heterocycles. The number of carbonyl (C=O) groups is 2. The standard InChI is InChI=1S/C13H10BrCl2N3O2/c1-19-10(6-9(15)11(19)16)13(21)18-17-12(20)7-4-2-3-5-8(7)14/h2-6H,1H3,(H,17,20)(H,18,21). The van der Waals surface area contributed by atoms with Crippen molar-refractivity contribution >= 4 is 50.9 Å². The molecule has 2 N–H and O–H groups in total. The van der Waals surface area contributed by atoms with Gasteiger partial charge < -0.3 is 4.57 Å². The van der Waals surface area contributed by atoms with Crippen molar-refractivity contribution in [1.82, 2.24) is 15.4 Å². The van der Waals surface area contributed by atoms with Crippen molar-refractivity contribution in [2.45, 2.75) is 0 Å². The van der Waals surface area contributed by atoms with Crippen LogP contribution in [0.2, 0.25) is 10.2 Å². The topological polar surface area (TPSA) is 63.1 Å². The molecule has 0 bridgehead atoms. The summed E-state index contributed by atoms with van der Waals surface area (Å²) in [5.74, 6) is -0.964. The second-order valence-electron chi connectivity index (χ2n) is 4.12. The number of hydrazine groups is 1. The molecule has 1 aromatic carbocycles. The van der Waals surface area contributed by atoms with E-state index in [1.807, 2.05) is 0 Å². The predicted octanol–water partition coefficient (Wildman–Crippen LogP) is 3.17. The van der Waals surface area contributed by atoms with E-state index in [1.54, 1.807) is 31.3 Å². The normalized spacial score (nSPS) is 10.3. The molecule has 0 atom stereocenters. The fourth-order valence-corrected chi connectivity index (χ4v) is 2.49. The number of nitrogens with one attached hydrogen (secondary N) is 2. The lowest BCUT2D eigenvalue weighted by atomic mass is 10.2. The molecule has 0 radical (unpaired) electrons. The van der Waals surface area contributed by atoms with Gasteiger partial charge in [-0.1, -0.05) is 35.3 Å². The molecule has 1 heterocycles. The van der Waals surface area contributed by atoms with Gasteiger partial charge in [-0.15, -0.1) is 0 Å². The van der Waals surface area contributed by atoms with E-state index in [1.165, 1.54) is 10.6 Å². The van der Waals surface area contributed by atoms with Crippen LogP contribution in [0.3, 0.4) is 0 Å². The molecule has 0 unspecified atom stereocenters. The van der Waals surface area contributed by atoms with E-state index in [-0.39, 0.29) is 15.9 Å². The first-order valence-electron chi connectivity index (χ1n) is 5.77. The molecule has 110 valence electrons. The van der Waals surface area contributed by atoms with Gasteiger partial charge in [-0.2, -0.15) is 0 Å². The summed E-state index contributed by atoms with van der Waals surface area (Å²) in [7, 11) is 1.60. The molecule has 2 amide bonds. The highest BCUT2D eigenvalue weighted by Gasteiger charge is 2.17. The summed E-state index contributed by atoms with van der Waals surface area (Å²) in [5.41, 5.74) is 5.27. The first-order chi connectivity index (χ1) is 9.91. The monoisotopic (exact) mass is 389 g/mol. The number of hydrogen-bond acceptors (Lipinski definition) is 2. The zero-order valence-electron chi connectivity index (χ0n) is 10.8. The van der Waals surface area contributed by atoms with E-state index in [9.17, 15) is 9.59 Å². The van der Waals surface area contributed by atoms with Gasteiger partial charge in [0.25, 0.3) is 11.8 Å². The third kappa shape index (κ3) is 3.40. The highest BCUT2D eigenvalue weighted by Crippen LogP contribution is 2.24. The van der Waals surface area contributed by atoms with E-state index in [0.29, 0.717) is 10.0 Å². The maximum atomic E-state index is 12.0. The molecule has 0 fully saturated rings. The summed E-state index contributed by atoms with van der Waals surface area (Å²) in [4.78, 5) is 23.9. The van der Waals surface area contributed by atoms with Crippen molar-refractivity contribution < 1.29 is 9.59 Å². The van der Waals surface area contributed by atoms with Crippen LogP contribution in [0.1, 0.15) is 20.8 Å². The number of amides is 2. The van der Waals surface area contributed by atoms with Gasteiger partial charge >= 0.3 is 0 Å². The van der Waals surface area contributed by atoms with Gasteiger partial charge in [-0.3, -0.25) is 20.4 Å². The van der Waals surface area contributed by atoms with Gasteiger partial charge in [0.2, 0.25) is 0 Å². The van der Waals surface area contributed by atoms with Crippen LogP contribution < -0.4 is 10.9 Å². The first-order valence-corrected chi connectivity index (χ1v) is 7.32. The average molecular weight is 391 g/mol. The molecule has 2 aromatic rings. The fourth-order valence-electron chi connectivity index (χ4n) is 1.65. The summed E-state index contributed by atoms with van der Waals surface area (Å²) in [5, 5.41) is 0.514. The van der Waals surface area contributed by atoms with Gasteiger partial charge in [-0.25, -0.2) is 0 Å². The third-order valence-electron chi connectivity index (χ3n) is 2.76. The van der Waals surface area contributed by atoms with Crippen LogP contribution in [0.15, 0.2) is 34.8 Å². The molecule has 21 heavy (non-hydrogen) atoms. The summed E-state index contributed by atoms with van der Waals surface area (Å²) >= 11 is 15.0. The number of benzene rings is 1. The zero-order chi connectivity index (χ0) is 15.6. The van der Waals surface area contributed by atoms with Crippen LogP contribution in [-0.4, -0.2) is 16.4 Å². The minimum absolute atomic E-state index is 0.234. The minimum atomic E-state index is -0.522. The highest BCUT2D eigenvalue weighted by atomic mass is 79.9. The molecular weight excluding hydrogens is 381 g/mol. The fraction of sp³-hybridized carbons (Fsp3) is 0.0769. The van der Waals surface area contributed by atoms with Crippen LogP contribution in [0.5, 0.6) is 0 Å². The lowest BCUT2D eigenvalue weighted by Gasteiger charge is -2.09. The Hall–Kier alpha value is -1.50. The van der Waals surface area contributed by atoms with Crippen LogP contribution in [0.4, 0.5) is 0 Å². The van der Waals surface area contributed by atoms with Crippen LogP contribution in [0.25, 0.3) is 0 Å². The molecular formula is C13H10BrCl2N3O2. The Labute approximate surface area is 139 Å². The molecule has 8 heteroatoms. The quantitative estimate of drug-likeness (QED) is 0.773. The van der Waals surface area contributed by atoms with Gasteiger partial charge in [0, 0.05) is 11.5 Å². The lowest BCUT2D eigenvalue weighted by molar-refractivity contribution is 0.0841. The van der Waals surface area contributed by atoms with Crippen LogP contribution in [0, 0.1) is 0 Å². The molecule has 0 aliphatic rings. The van der Waals surface area contributed by atoms with E-state index in [4.69, 9.17) is 23.2 Å². The van der Waals surface area contributed by atoms with Gasteiger partial charge in [0.1, 0.15) is 10.8 Å². The van der Waals surface area contributed by atoms with Crippen molar-refractivity contribution in [2.75, 3.05) is 0 Å². The number of carbonyl (C=O) groups excluding carboxylic acids is 2. The van der Waals surface area contributed by atoms with E-state index < -0.39 is 11.8 Å². The largest absolute Gasteiger partial charge is 0.329 e. The van der Waals surface area contributed by atoms with Gasteiger partial charge in [0.05, 0.1) is 10.6 Å². The SMILES string of the molecule is Cn1c(C(=O)NNC(=O)c2ccccc2Br)cc(Cl)c1Cl. The van der Waals surface area contributed by atoms with Gasteiger partial charge in [0.15, 0.2) is 0 Å². The number of nitrogens with zero attached hydrogens (tertiary/aromatic N) is 1. The maximum absolute atomic E-state index is 12.0. The Bertz CT molecular complexity index is 715. The van der Waals surface area contributed by atoms with Crippen molar-refractivity contribution in [2.24, 2.45) is 7.05 Å². The van der Waals surface area contributed by atoms with E-state index in [2.05, 4.69) is 26.8 Å². The number of rotatable bonds is 2. The average Bonchev–Trinajstić information content (AvgIpc) is 2.72. The second kappa shape index (κ2) is 6.51. The van der Waals surface area contributed by atoms with Crippen molar-refractivity contribution in [3.05, 3.63) is 56.2 Å². The summed E-state index contributed by atoms with van der Waals surface area (Å²) in [6.07, 6.45) is 0. The molecule has 0 saturated carbocycles. The smallest absolute Gasteiger partial charge is 0.286 e. The number of halogens is 3. The van der Waals surface area contributed by atoms with Crippen LogP contribution in [-0.2, 0) is 7.05 Å². The number of aromatic nitrogens is 1. The van der Waals surface area contributed by atoms with E-state index in [0.717, 1.165) is 0 Å². The Morgan fingerprint density at radius 1 is 1.14 bits per heavy atom. The van der Waals surface area contributed by atoms with Crippen molar-refractivity contribution in [3.63, 3.8) is 0 Å². The summed E-state index contributed by atoms with van der Waals surface area (Å²) < 4.78 is 2.05. The zero-order valence-corrected chi connectivity index (χ0v) is 13.9. The second-order valence-corrected chi connectivity index (χ2v) is 5.73. The molecule has 2 rings (SSSR count). The highest BCUT2D eigenvalue weighted by molar-refractivity contribution is 9.10. The molecule has 5 nitrogen and oxygen atoms in total. The number of hydrogen-bond donors (Lipinski definition) is 2. The van der Waals surface area contributed by atoms with Gasteiger partial charge in [-0.05, 0) is 34.1 Å². The van der Waals surface area contributed by atoms with E-state index >= 15 is 0 Å². The maximum Gasteiger partial charge on any atom is 0.286 e. The predicted molar refractivity (Wildman–Crippen MR) is 84.5 cm³/mol. The third-order valence-corrected chi connectivity index (χ3v) is 4.29. The Balaban J connectivity index is 2.06. The van der Waals surface area contributed by atoms with Crippen LogP contribution >= 0.6 is 39.1 Å².